The van der Waals surface area contributed by atoms with Crippen LogP contribution in [0.3, 0.4) is 0 Å². The van der Waals surface area contributed by atoms with Crippen molar-refractivity contribution in [3.8, 4) is 11.1 Å². The summed E-state index contributed by atoms with van der Waals surface area (Å²) in [5.41, 5.74) is 0.277. The zero-order valence-electron chi connectivity index (χ0n) is 8.76. The third-order valence-corrected chi connectivity index (χ3v) is 3.25. The SMILES string of the molecule is N#Cc1nn(-c2sccc2F)c2ncc(F)cc12. The number of fused-ring (bicyclic) bond motifs is 1. The maximum absolute atomic E-state index is 13.5. The van der Waals surface area contributed by atoms with Gasteiger partial charge in [0.25, 0.3) is 0 Å². The standard InChI is InChI=1S/C11H4F2N4S/c12-6-3-7-9(4-14)16-17(10(7)15-5-6)11-8(13)1-2-18-11/h1-3,5H. The number of aromatic nitrogens is 3. The predicted octanol–water partition coefficient (Wildman–Crippen LogP) is 2.63. The first-order valence-corrected chi connectivity index (χ1v) is 5.76. The Bertz CT molecular complexity index is 784. The van der Waals surface area contributed by atoms with Crippen LogP contribution in [0.1, 0.15) is 5.69 Å². The number of rotatable bonds is 1. The van der Waals surface area contributed by atoms with Gasteiger partial charge in [-0.3, -0.25) is 0 Å². The zero-order chi connectivity index (χ0) is 12.7. The third-order valence-electron chi connectivity index (χ3n) is 2.39. The molecule has 7 heteroatoms. The molecule has 0 bridgehead atoms. The molecule has 0 fully saturated rings. The molecular formula is C11H4F2N4S. The molecule has 0 amide bonds. The van der Waals surface area contributed by atoms with Crippen LogP contribution < -0.4 is 0 Å². The minimum atomic E-state index is -0.565. The Morgan fingerprint density at radius 2 is 2.22 bits per heavy atom. The molecular weight excluding hydrogens is 258 g/mol. The molecule has 0 atom stereocenters. The summed E-state index contributed by atoms with van der Waals surface area (Å²) < 4.78 is 27.8. The second-order valence-corrected chi connectivity index (χ2v) is 4.37. The topological polar surface area (TPSA) is 54.5 Å². The highest BCUT2D eigenvalue weighted by atomic mass is 32.1. The molecule has 88 valence electrons. The monoisotopic (exact) mass is 262 g/mol. The van der Waals surface area contributed by atoms with E-state index in [2.05, 4.69) is 10.1 Å². The Morgan fingerprint density at radius 3 is 2.89 bits per heavy atom. The minimum absolute atomic E-state index is 0.0183. The van der Waals surface area contributed by atoms with E-state index < -0.39 is 11.6 Å². The van der Waals surface area contributed by atoms with Gasteiger partial charge in [0.15, 0.2) is 22.2 Å². The fraction of sp³-hybridized carbons (Fsp3) is 0. The van der Waals surface area contributed by atoms with E-state index in [-0.39, 0.29) is 21.7 Å². The number of pyridine rings is 1. The molecule has 0 saturated carbocycles. The molecule has 0 unspecified atom stereocenters. The van der Waals surface area contributed by atoms with E-state index in [4.69, 9.17) is 5.26 Å². The van der Waals surface area contributed by atoms with E-state index in [1.54, 1.807) is 5.38 Å². The minimum Gasteiger partial charge on any atom is -0.233 e. The van der Waals surface area contributed by atoms with Crippen LogP contribution in [0.25, 0.3) is 16.0 Å². The van der Waals surface area contributed by atoms with Crippen LogP contribution in [-0.4, -0.2) is 14.8 Å². The van der Waals surface area contributed by atoms with Gasteiger partial charge in [-0.05, 0) is 17.5 Å². The van der Waals surface area contributed by atoms with Crippen LogP contribution in [0.15, 0.2) is 23.7 Å². The lowest BCUT2D eigenvalue weighted by atomic mass is 10.3. The van der Waals surface area contributed by atoms with Gasteiger partial charge >= 0.3 is 0 Å². The Hall–Kier alpha value is -2.33. The van der Waals surface area contributed by atoms with Crippen LogP contribution in [0.2, 0.25) is 0 Å². The third kappa shape index (κ3) is 1.47. The lowest BCUT2D eigenvalue weighted by Crippen LogP contribution is -1.97. The van der Waals surface area contributed by atoms with E-state index in [0.717, 1.165) is 23.6 Å². The van der Waals surface area contributed by atoms with Gasteiger partial charge in [-0.1, -0.05) is 0 Å². The van der Waals surface area contributed by atoms with Crippen molar-refractivity contribution in [3.05, 3.63) is 41.0 Å². The molecule has 3 rings (SSSR count). The van der Waals surface area contributed by atoms with Crippen molar-refractivity contribution in [1.82, 2.24) is 14.8 Å². The van der Waals surface area contributed by atoms with Gasteiger partial charge in [-0.25, -0.2) is 18.4 Å². The first-order chi connectivity index (χ1) is 8.70. The van der Waals surface area contributed by atoms with Crippen molar-refractivity contribution < 1.29 is 8.78 Å². The molecule has 18 heavy (non-hydrogen) atoms. The molecule has 3 heterocycles. The van der Waals surface area contributed by atoms with Crippen molar-refractivity contribution in [2.75, 3.05) is 0 Å². The first kappa shape index (κ1) is 10.8. The molecule has 0 saturated heterocycles. The van der Waals surface area contributed by atoms with Gasteiger partial charge in [-0.15, -0.1) is 11.3 Å². The normalized spacial score (nSPS) is 10.7. The Balaban J connectivity index is 2.39. The summed E-state index contributed by atoms with van der Waals surface area (Å²) >= 11 is 1.13. The van der Waals surface area contributed by atoms with Gasteiger partial charge in [0, 0.05) is 0 Å². The number of nitriles is 1. The molecule has 3 aromatic heterocycles. The Morgan fingerprint density at radius 1 is 1.39 bits per heavy atom. The first-order valence-electron chi connectivity index (χ1n) is 4.88. The van der Waals surface area contributed by atoms with Crippen molar-refractivity contribution >= 4 is 22.4 Å². The molecule has 0 aromatic carbocycles. The van der Waals surface area contributed by atoms with Gasteiger partial charge in [0.05, 0.1) is 11.6 Å². The van der Waals surface area contributed by atoms with Crippen LogP contribution in [0.4, 0.5) is 8.78 Å². The predicted molar refractivity (Wildman–Crippen MR) is 61.4 cm³/mol. The van der Waals surface area contributed by atoms with Crippen molar-refractivity contribution in [1.29, 1.82) is 5.26 Å². The second kappa shape index (κ2) is 3.85. The average molecular weight is 262 g/mol. The Kier molecular flexibility index (Phi) is 2.31. The maximum atomic E-state index is 13.5. The summed E-state index contributed by atoms with van der Waals surface area (Å²) in [4.78, 5) is 3.86. The van der Waals surface area contributed by atoms with Crippen LogP contribution in [0, 0.1) is 23.0 Å². The number of nitrogens with zero attached hydrogens (tertiary/aromatic N) is 4. The number of halogens is 2. The summed E-state index contributed by atoms with van der Waals surface area (Å²) in [6.07, 6.45) is 1.01. The lowest BCUT2D eigenvalue weighted by molar-refractivity contribution is 0.618. The summed E-state index contributed by atoms with van der Waals surface area (Å²) in [6, 6.07) is 4.30. The van der Waals surface area contributed by atoms with E-state index in [1.807, 2.05) is 6.07 Å². The van der Waals surface area contributed by atoms with E-state index in [9.17, 15) is 8.78 Å². The lowest BCUT2D eigenvalue weighted by Gasteiger charge is -1.98. The second-order valence-electron chi connectivity index (χ2n) is 3.47. The maximum Gasteiger partial charge on any atom is 0.172 e. The molecule has 3 aromatic rings. The number of hydrogen-bond acceptors (Lipinski definition) is 4. The fourth-order valence-electron chi connectivity index (χ4n) is 1.64. The molecule has 0 aliphatic heterocycles. The van der Waals surface area contributed by atoms with E-state index >= 15 is 0 Å². The van der Waals surface area contributed by atoms with Gasteiger partial charge in [-0.2, -0.15) is 10.4 Å². The summed E-state index contributed by atoms with van der Waals surface area (Å²) in [5.74, 6) is -1.02. The molecule has 4 nitrogen and oxygen atoms in total. The molecule has 0 aliphatic carbocycles. The van der Waals surface area contributed by atoms with Crippen molar-refractivity contribution in [2.24, 2.45) is 0 Å². The fourth-order valence-corrected chi connectivity index (χ4v) is 2.36. The largest absolute Gasteiger partial charge is 0.233 e. The molecule has 0 radical (unpaired) electrons. The van der Waals surface area contributed by atoms with E-state index in [1.165, 1.54) is 10.7 Å². The van der Waals surface area contributed by atoms with Gasteiger partial charge in [0.2, 0.25) is 0 Å². The van der Waals surface area contributed by atoms with Crippen molar-refractivity contribution in [3.63, 3.8) is 0 Å². The van der Waals surface area contributed by atoms with Crippen LogP contribution >= 0.6 is 11.3 Å². The summed E-state index contributed by atoms with van der Waals surface area (Å²) in [6.45, 7) is 0. The summed E-state index contributed by atoms with van der Waals surface area (Å²) in [5, 5.41) is 14.9. The summed E-state index contributed by atoms with van der Waals surface area (Å²) in [7, 11) is 0. The molecule has 0 N–H and O–H groups in total. The molecule has 0 spiro atoms. The Labute approximate surface area is 104 Å². The van der Waals surface area contributed by atoms with Crippen LogP contribution in [0.5, 0.6) is 0 Å². The van der Waals surface area contributed by atoms with Crippen LogP contribution in [-0.2, 0) is 0 Å². The number of hydrogen-bond donors (Lipinski definition) is 0. The smallest absolute Gasteiger partial charge is 0.172 e. The van der Waals surface area contributed by atoms with E-state index in [0.29, 0.717) is 0 Å². The quantitative estimate of drug-likeness (QED) is 0.677. The highest BCUT2D eigenvalue weighted by Crippen LogP contribution is 2.25. The van der Waals surface area contributed by atoms with Gasteiger partial charge in [0.1, 0.15) is 11.9 Å². The number of thiophene rings is 1. The highest BCUT2D eigenvalue weighted by molar-refractivity contribution is 7.12. The zero-order valence-corrected chi connectivity index (χ0v) is 9.58. The van der Waals surface area contributed by atoms with Crippen molar-refractivity contribution in [2.45, 2.75) is 0 Å². The molecule has 0 aliphatic rings. The average Bonchev–Trinajstić information content (AvgIpc) is 2.92. The van der Waals surface area contributed by atoms with Gasteiger partial charge < -0.3 is 0 Å². The highest BCUT2D eigenvalue weighted by Gasteiger charge is 2.16.